The maximum Gasteiger partial charge on any atom is 0.231 e. The van der Waals surface area contributed by atoms with Gasteiger partial charge in [-0.25, -0.2) is 13.4 Å². The molecule has 1 aliphatic heterocycles. The molecule has 0 spiro atoms. The number of hydrogen-bond acceptors (Lipinski definition) is 5. The van der Waals surface area contributed by atoms with Gasteiger partial charge in [0.1, 0.15) is 11.6 Å². The summed E-state index contributed by atoms with van der Waals surface area (Å²) in [5.74, 6) is 0.892. The van der Waals surface area contributed by atoms with E-state index in [1.165, 1.54) is 7.11 Å². The van der Waals surface area contributed by atoms with Gasteiger partial charge in [-0.15, -0.1) is 0 Å². The van der Waals surface area contributed by atoms with Crippen molar-refractivity contribution < 1.29 is 17.9 Å². The molecule has 2 aromatic carbocycles. The van der Waals surface area contributed by atoms with Crippen molar-refractivity contribution in [3.05, 3.63) is 35.9 Å². The third kappa shape index (κ3) is 3.18. The summed E-state index contributed by atoms with van der Waals surface area (Å²) in [5, 5.41) is 2.91. The maximum absolute atomic E-state index is 12.0. The summed E-state index contributed by atoms with van der Waals surface area (Å²) >= 11 is 0. The molecule has 28 heavy (non-hydrogen) atoms. The first-order valence-corrected chi connectivity index (χ1v) is 10.7. The summed E-state index contributed by atoms with van der Waals surface area (Å²) in [7, 11) is -1.94. The zero-order chi connectivity index (χ0) is 20.1. The molecule has 3 N–H and O–H groups in total. The number of amides is 1. The fourth-order valence-electron chi connectivity index (χ4n) is 3.50. The maximum atomic E-state index is 12.0. The van der Waals surface area contributed by atoms with Crippen LogP contribution in [0.3, 0.4) is 0 Å². The summed E-state index contributed by atoms with van der Waals surface area (Å²) in [5.41, 5.74) is 4.46. The molecular weight excluding hydrogens is 380 g/mol. The van der Waals surface area contributed by atoms with Crippen LogP contribution in [0.4, 0.5) is 11.4 Å². The second-order valence-corrected chi connectivity index (χ2v) is 8.53. The molecule has 0 saturated heterocycles. The number of methoxy groups -OCH3 is 1. The Balaban J connectivity index is 1.75. The number of carbonyl (C=O) groups is 1. The fourth-order valence-corrected chi connectivity index (χ4v) is 4.06. The highest BCUT2D eigenvalue weighted by atomic mass is 32.2. The van der Waals surface area contributed by atoms with Gasteiger partial charge in [-0.2, -0.15) is 0 Å². The van der Waals surface area contributed by atoms with Gasteiger partial charge < -0.3 is 15.0 Å². The number of aromatic nitrogens is 2. The Labute approximate surface area is 162 Å². The first kappa shape index (κ1) is 18.3. The van der Waals surface area contributed by atoms with E-state index in [9.17, 15) is 13.2 Å². The van der Waals surface area contributed by atoms with Gasteiger partial charge in [-0.05, 0) is 42.3 Å². The van der Waals surface area contributed by atoms with E-state index in [0.717, 1.165) is 40.5 Å². The smallest absolute Gasteiger partial charge is 0.231 e. The number of ether oxygens (including phenoxy) is 1. The topological polar surface area (TPSA) is 113 Å². The Morgan fingerprint density at radius 2 is 2.04 bits per heavy atom. The van der Waals surface area contributed by atoms with Gasteiger partial charge in [0.05, 0.1) is 36.0 Å². The van der Waals surface area contributed by atoms with E-state index in [4.69, 9.17) is 4.74 Å². The molecule has 1 atom stereocenters. The molecule has 2 heterocycles. The lowest BCUT2D eigenvalue weighted by atomic mass is 9.98. The predicted octanol–water partition coefficient (Wildman–Crippen LogP) is 3.06. The molecule has 0 radical (unpaired) electrons. The highest BCUT2D eigenvalue weighted by molar-refractivity contribution is 7.92. The van der Waals surface area contributed by atoms with Crippen molar-refractivity contribution in [1.82, 2.24) is 9.97 Å². The van der Waals surface area contributed by atoms with Crippen LogP contribution in [0.25, 0.3) is 22.4 Å². The van der Waals surface area contributed by atoms with Crippen LogP contribution < -0.4 is 14.8 Å². The fraction of sp³-hybridized carbons (Fsp3) is 0.263. The van der Waals surface area contributed by atoms with Crippen LogP contribution >= 0.6 is 0 Å². The number of aromatic amines is 1. The van der Waals surface area contributed by atoms with E-state index in [2.05, 4.69) is 20.0 Å². The first-order valence-electron chi connectivity index (χ1n) is 8.79. The second-order valence-electron chi connectivity index (χ2n) is 6.78. The van der Waals surface area contributed by atoms with Crippen molar-refractivity contribution in [2.24, 2.45) is 0 Å². The van der Waals surface area contributed by atoms with Gasteiger partial charge in [-0.1, -0.05) is 6.92 Å². The van der Waals surface area contributed by atoms with Crippen LogP contribution in [-0.4, -0.2) is 37.7 Å². The van der Waals surface area contributed by atoms with Crippen LogP contribution in [0.5, 0.6) is 5.75 Å². The van der Waals surface area contributed by atoms with E-state index in [0.29, 0.717) is 17.3 Å². The van der Waals surface area contributed by atoms with Crippen LogP contribution in [-0.2, 0) is 14.8 Å². The van der Waals surface area contributed by atoms with E-state index in [1.54, 1.807) is 18.2 Å². The Hall–Kier alpha value is -3.07. The summed E-state index contributed by atoms with van der Waals surface area (Å²) in [6, 6.07) is 8.95. The van der Waals surface area contributed by atoms with Gasteiger partial charge in [-0.3, -0.25) is 9.52 Å². The number of sulfonamides is 1. The highest BCUT2D eigenvalue weighted by Gasteiger charge is 2.29. The summed E-state index contributed by atoms with van der Waals surface area (Å²) < 4.78 is 30.7. The molecule has 8 nitrogen and oxygen atoms in total. The van der Waals surface area contributed by atoms with Gasteiger partial charge >= 0.3 is 0 Å². The highest BCUT2D eigenvalue weighted by Crippen LogP contribution is 2.38. The molecule has 9 heteroatoms. The largest absolute Gasteiger partial charge is 0.495 e. The standard InChI is InChI=1S/C19H20N4O4S/c1-4-11-12-8-15-16(9-14(12)22-19(11)24)21-18(20-15)10-5-6-13(17(7-10)27-2)23-28(3,25)26/h5-9,11,23H,4H2,1-3H3,(H,20,21)(H,22,24). The Morgan fingerprint density at radius 1 is 1.25 bits per heavy atom. The number of nitrogens with one attached hydrogen (secondary N) is 3. The molecule has 0 bridgehead atoms. The third-order valence-electron chi connectivity index (χ3n) is 4.78. The molecule has 4 rings (SSSR count). The molecular formula is C19H20N4O4S. The number of H-pyrrole nitrogens is 1. The second kappa shape index (κ2) is 6.52. The third-order valence-corrected chi connectivity index (χ3v) is 5.37. The molecule has 0 aliphatic carbocycles. The summed E-state index contributed by atoms with van der Waals surface area (Å²) in [4.78, 5) is 19.9. The predicted molar refractivity (Wildman–Crippen MR) is 108 cm³/mol. The Kier molecular flexibility index (Phi) is 4.26. The van der Waals surface area contributed by atoms with Crippen molar-refractivity contribution in [1.29, 1.82) is 0 Å². The number of hydrogen-bond donors (Lipinski definition) is 3. The molecule has 1 unspecified atom stereocenters. The summed E-state index contributed by atoms with van der Waals surface area (Å²) in [6.45, 7) is 1.99. The molecule has 1 aromatic heterocycles. The van der Waals surface area contributed by atoms with Gasteiger partial charge in [0.2, 0.25) is 15.9 Å². The lowest BCUT2D eigenvalue weighted by Crippen LogP contribution is -2.10. The molecule has 0 saturated carbocycles. The van der Waals surface area contributed by atoms with Crippen LogP contribution in [0.2, 0.25) is 0 Å². The number of rotatable bonds is 5. The number of imidazole rings is 1. The average molecular weight is 400 g/mol. The molecule has 1 aliphatic rings. The van der Waals surface area contributed by atoms with Crippen molar-refractivity contribution in [3.8, 4) is 17.1 Å². The van der Waals surface area contributed by atoms with Crippen LogP contribution in [0, 0.1) is 0 Å². The Bertz CT molecular complexity index is 1200. The average Bonchev–Trinajstić information content (AvgIpc) is 3.17. The van der Waals surface area contributed by atoms with Crippen molar-refractivity contribution >= 4 is 38.3 Å². The molecule has 0 fully saturated rings. The lowest BCUT2D eigenvalue weighted by Gasteiger charge is -2.10. The minimum absolute atomic E-state index is 0.0177. The van der Waals surface area contributed by atoms with E-state index in [1.807, 2.05) is 19.1 Å². The molecule has 1 amide bonds. The van der Waals surface area contributed by atoms with Crippen LogP contribution in [0.1, 0.15) is 24.8 Å². The minimum atomic E-state index is -3.41. The van der Waals surface area contributed by atoms with E-state index in [-0.39, 0.29) is 11.8 Å². The van der Waals surface area contributed by atoms with Crippen molar-refractivity contribution in [2.75, 3.05) is 23.4 Å². The monoisotopic (exact) mass is 400 g/mol. The SMILES string of the molecule is CCC1C(=O)Nc2cc3nc(-c4ccc(NS(C)(=O)=O)c(OC)c4)[nH]c3cc21. The van der Waals surface area contributed by atoms with Gasteiger partial charge in [0.25, 0.3) is 0 Å². The molecule has 146 valence electrons. The summed E-state index contributed by atoms with van der Waals surface area (Å²) in [6.07, 6.45) is 1.82. The lowest BCUT2D eigenvalue weighted by molar-refractivity contribution is -0.117. The van der Waals surface area contributed by atoms with Crippen molar-refractivity contribution in [3.63, 3.8) is 0 Å². The number of carbonyl (C=O) groups excluding carboxylic acids is 1. The number of anilines is 2. The molecule has 3 aromatic rings. The van der Waals surface area contributed by atoms with E-state index >= 15 is 0 Å². The number of benzene rings is 2. The zero-order valence-electron chi connectivity index (χ0n) is 15.7. The van der Waals surface area contributed by atoms with Crippen molar-refractivity contribution in [2.45, 2.75) is 19.3 Å². The minimum Gasteiger partial charge on any atom is -0.495 e. The van der Waals surface area contributed by atoms with E-state index < -0.39 is 10.0 Å². The van der Waals surface area contributed by atoms with Gasteiger partial charge in [0.15, 0.2) is 0 Å². The number of fused-ring (bicyclic) bond motifs is 2. The number of nitrogens with zero attached hydrogens (tertiary/aromatic N) is 1. The zero-order valence-corrected chi connectivity index (χ0v) is 16.5. The first-order chi connectivity index (χ1) is 13.3. The Morgan fingerprint density at radius 3 is 2.71 bits per heavy atom. The van der Waals surface area contributed by atoms with Crippen LogP contribution in [0.15, 0.2) is 30.3 Å². The van der Waals surface area contributed by atoms with Gasteiger partial charge in [0, 0.05) is 11.3 Å². The normalized spacial score (nSPS) is 16.1. The quantitative estimate of drug-likeness (QED) is 0.609.